The number of carbonyl (C=O) groups excluding carboxylic acids is 1. The molecule has 0 heterocycles. The summed E-state index contributed by atoms with van der Waals surface area (Å²) in [5.41, 5.74) is 1.06. The Kier molecular flexibility index (Phi) is 28.9. The van der Waals surface area contributed by atoms with E-state index in [2.05, 4.69) is 37.6 Å². The fraction of sp³-hybridized carbons (Fsp3) is 0.731. The molecule has 0 spiro atoms. The fourth-order valence-corrected chi connectivity index (χ4v) is 2.34. The molecule has 0 unspecified atom stereocenters. The molecule has 7 nitrogen and oxygen atoms in total. The second-order valence-corrected chi connectivity index (χ2v) is 8.05. The zero-order valence-corrected chi connectivity index (χ0v) is 22.2. The van der Waals surface area contributed by atoms with E-state index >= 15 is 0 Å². The van der Waals surface area contributed by atoms with Gasteiger partial charge in [0.2, 0.25) is 0 Å². The third-order valence-electron chi connectivity index (χ3n) is 4.12. The molecule has 33 heavy (non-hydrogen) atoms. The maximum Gasteiger partial charge on any atom is 0.407 e. The van der Waals surface area contributed by atoms with Gasteiger partial charge in [-0.2, -0.15) is 0 Å². The normalized spacial score (nSPS) is 13.2. The first-order chi connectivity index (χ1) is 15.7. The van der Waals surface area contributed by atoms with Crippen LogP contribution in [0, 0.1) is 11.8 Å². The van der Waals surface area contributed by atoms with Gasteiger partial charge in [-0.25, -0.2) is 4.79 Å². The average Bonchev–Trinajstić information content (AvgIpc) is 2.77. The summed E-state index contributed by atoms with van der Waals surface area (Å²) >= 11 is 0. The first kappa shape index (κ1) is 35.9. The molecule has 4 N–H and O–H groups in total. The number of allylic oxidation sites excluding steroid dienone is 4. The highest BCUT2D eigenvalue weighted by Crippen LogP contribution is 2.02. The van der Waals surface area contributed by atoms with Gasteiger partial charge in [-0.3, -0.25) is 0 Å². The molecule has 0 aromatic heterocycles. The monoisotopic (exact) mass is 472 g/mol. The number of aliphatic hydroxyl groups is 2. The van der Waals surface area contributed by atoms with E-state index < -0.39 is 12.2 Å². The zero-order valence-electron chi connectivity index (χ0n) is 22.2. The van der Waals surface area contributed by atoms with Crippen molar-refractivity contribution in [1.82, 2.24) is 10.6 Å². The molecular formula is C26H52N2O5. The zero-order chi connectivity index (χ0) is 26.1. The number of amides is 1. The summed E-state index contributed by atoms with van der Waals surface area (Å²) in [7, 11) is 0. The van der Waals surface area contributed by atoms with Gasteiger partial charge in [0, 0.05) is 19.8 Å². The van der Waals surface area contributed by atoms with Gasteiger partial charge in [0.15, 0.2) is 0 Å². The number of hydrogen-bond donors (Lipinski definition) is 4. The molecule has 7 heteroatoms. The van der Waals surface area contributed by atoms with Gasteiger partial charge in [-0.05, 0) is 38.1 Å². The lowest BCUT2D eigenvalue weighted by Crippen LogP contribution is -2.47. The Morgan fingerprint density at radius 2 is 1.79 bits per heavy atom. The number of carbonyl (C=O) groups is 1. The van der Waals surface area contributed by atoms with Crippen LogP contribution in [0.4, 0.5) is 4.79 Å². The lowest BCUT2D eigenvalue weighted by Gasteiger charge is -2.23. The van der Waals surface area contributed by atoms with Gasteiger partial charge in [-0.1, -0.05) is 78.5 Å². The lowest BCUT2D eigenvalue weighted by atomic mass is 10.1. The third kappa shape index (κ3) is 28.3. The summed E-state index contributed by atoms with van der Waals surface area (Å²) in [6.45, 7) is 23.6. The molecule has 196 valence electrons. The molecule has 0 rings (SSSR count). The maximum atomic E-state index is 11.7. The van der Waals surface area contributed by atoms with Crippen LogP contribution in [0.15, 0.2) is 37.0 Å². The molecule has 0 aliphatic heterocycles. The largest absolute Gasteiger partial charge is 0.447 e. The first-order valence-electron chi connectivity index (χ1n) is 12.1. The summed E-state index contributed by atoms with van der Waals surface area (Å²) < 4.78 is 10.4. The van der Waals surface area contributed by atoms with Crippen molar-refractivity contribution in [2.75, 3.05) is 39.5 Å². The van der Waals surface area contributed by atoms with Crippen molar-refractivity contribution in [3.8, 4) is 0 Å². The molecule has 0 bridgehead atoms. The minimum Gasteiger partial charge on any atom is -0.447 e. The van der Waals surface area contributed by atoms with E-state index in [4.69, 9.17) is 14.6 Å². The van der Waals surface area contributed by atoms with E-state index in [9.17, 15) is 9.90 Å². The summed E-state index contributed by atoms with van der Waals surface area (Å²) in [5.74, 6) is 0.789. The Bertz CT molecular complexity index is 495. The van der Waals surface area contributed by atoms with E-state index in [-0.39, 0.29) is 25.2 Å². The molecule has 0 aliphatic rings. The van der Waals surface area contributed by atoms with Gasteiger partial charge >= 0.3 is 6.09 Å². The van der Waals surface area contributed by atoms with Crippen molar-refractivity contribution in [3.05, 3.63) is 37.0 Å². The van der Waals surface area contributed by atoms with Gasteiger partial charge in [-0.15, -0.1) is 0 Å². The Labute approximate surface area is 203 Å². The highest BCUT2D eigenvalue weighted by molar-refractivity contribution is 5.67. The highest BCUT2D eigenvalue weighted by Gasteiger charge is 2.20. The topological polar surface area (TPSA) is 100 Å². The minimum absolute atomic E-state index is 0.149. The summed E-state index contributed by atoms with van der Waals surface area (Å²) in [6.07, 6.45) is 5.62. The Morgan fingerprint density at radius 1 is 1.15 bits per heavy atom. The van der Waals surface area contributed by atoms with E-state index in [0.717, 1.165) is 12.1 Å². The third-order valence-corrected chi connectivity index (χ3v) is 4.12. The molecule has 0 radical (unpaired) electrons. The maximum absolute atomic E-state index is 11.7. The van der Waals surface area contributed by atoms with Crippen molar-refractivity contribution >= 4 is 6.09 Å². The second kappa shape index (κ2) is 26.6. The van der Waals surface area contributed by atoms with Crippen LogP contribution in [-0.4, -0.2) is 68.0 Å². The molecule has 0 aromatic rings. The first-order valence-corrected chi connectivity index (χ1v) is 12.1. The molecule has 1 amide bonds. The van der Waals surface area contributed by atoms with Crippen molar-refractivity contribution in [3.63, 3.8) is 0 Å². The van der Waals surface area contributed by atoms with Crippen LogP contribution >= 0.6 is 0 Å². The predicted molar refractivity (Wildman–Crippen MR) is 139 cm³/mol. The SMILES string of the molecule is C=C/C=C\C(=C)C.CC.CC[C@H](NC(=O)OCCOC[C@H](C)CCO)[C@H](O)CNCC(C)C. The summed E-state index contributed by atoms with van der Waals surface area (Å²) in [5, 5.41) is 24.8. The standard InChI is InChI=1S/C17H36N2O5.C7H10.C2H6/c1-5-15(16(21)11-18-10-13(2)3)19-17(22)24-9-8-23-12-14(4)6-7-20;1-4-5-6-7(2)3;1-2/h13-16,18,20-21H,5-12H2,1-4H3,(H,19,22);4-6H,1-2H2,3H3;1-2H3/b;6-5-;/t14-,15+,16-;;/m1../s1. The smallest absolute Gasteiger partial charge is 0.407 e. The van der Waals surface area contributed by atoms with E-state index in [1.165, 1.54) is 0 Å². The quantitative estimate of drug-likeness (QED) is 0.195. The van der Waals surface area contributed by atoms with Crippen LogP contribution in [0.1, 0.15) is 61.3 Å². The van der Waals surface area contributed by atoms with Crippen molar-refractivity contribution in [2.45, 2.75) is 73.5 Å². The number of ether oxygens (including phenoxy) is 2. The Balaban J connectivity index is -0.000000846. The molecule has 0 aliphatic carbocycles. The van der Waals surface area contributed by atoms with Gasteiger partial charge in [0.05, 0.1) is 18.8 Å². The van der Waals surface area contributed by atoms with E-state index in [1.54, 1.807) is 6.08 Å². The molecule has 0 saturated heterocycles. The summed E-state index contributed by atoms with van der Waals surface area (Å²) in [4.78, 5) is 11.7. The fourth-order valence-electron chi connectivity index (χ4n) is 2.34. The molecule has 3 atom stereocenters. The van der Waals surface area contributed by atoms with Crippen LogP contribution < -0.4 is 10.6 Å². The molecule has 0 saturated carbocycles. The molecule has 0 fully saturated rings. The number of hydrogen-bond acceptors (Lipinski definition) is 6. The number of nitrogens with one attached hydrogen (secondary N) is 2. The Hall–Kier alpha value is -1.67. The van der Waals surface area contributed by atoms with Crippen LogP contribution in [0.5, 0.6) is 0 Å². The van der Waals surface area contributed by atoms with Gasteiger partial charge in [0.25, 0.3) is 0 Å². The number of alkyl carbamates (subject to hydrolysis) is 1. The van der Waals surface area contributed by atoms with Crippen LogP contribution in [0.25, 0.3) is 0 Å². The average molecular weight is 473 g/mol. The van der Waals surface area contributed by atoms with Crippen LogP contribution in [0.3, 0.4) is 0 Å². The Morgan fingerprint density at radius 3 is 2.24 bits per heavy atom. The van der Waals surface area contributed by atoms with Crippen LogP contribution in [0.2, 0.25) is 0 Å². The lowest BCUT2D eigenvalue weighted by molar-refractivity contribution is 0.0489. The minimum atomic E-state index is -0.656. The van der Waals surface area contributed by atoms with Crippen molar-refractivity contribution in [1.29, 1.82) is 0 Å². The molecule has 0 aromatic carbocycles. The second-order valence-electron chi connectivity index (χ2n) is 8.05. The van der Waals surface area contributed by atoms with E-state index in [0.29, 0.717) is 38.5 Å². The summed E-state index contributed by atoms with van der Waals surface area (Å²) in [6, 6.07) is -0.345. The van der Waals surface area contributed by atoms with Crippen molar-refractivity contribution in [2.24, 2.45) is 11.8 Å². The molecular weight excluding hydrogens is 420 g/mol. The number of rotatable bonds is 16. The number of aliphatic hydroxyl groups excluding tert-OH is 2. The highest BCUT2D eigenvalue weighted by atomic mass is 16.6. The predicted octanol–water partition coefficient (Wildman–Crippen LogP) is 4.46. The van der Waals surface area contributed by atoms with Gasteiger partial charge < -0.3 is 30.3 Å². The van der Waals surface area contributed by atoms with Crippen LogP contribution in [-0.2, 0) is 9.47 Å². The van der Waals surface area contributed by atoms with Crippen molar-refractivity contribution < 1.29 is 24.5 Å². The van der Waals surface area contributed by atoms with E-state index in [1.807, 2.05) is 46.8 Å². The van der Waals surface area contributed by atoms with Gasteiger partial charge in [0.1, 0.15) is 6.61 Å².